The molecule has 35 heavy (non-hydrogen) atoms. The van der Waals surface area contributed by atoms with Crippen LogP contribution in [0.25, 0.3) is 11.1 Å². The summed E-state index contributed by atoms with van der Waals surface area (Å²) >= 11 is 0. The monoisotopic (exact) mass is 476 g/mol. The maximum atomic E-state index is 12.3. The Morgan fingerprint density at radius 3 is 2.20 bits per heavy atom. The van der Waals surface area contributed by atoms with Gasteiger partial charge in [0.25, 0.3) is 5.91 Å². The Bertz CT molecular complexity index is 1200. The third-order valence-corrected chi connectivity index (χ3v) is 5.99. The molecule has 8 heteroatoms. The highest BCUT2D eigenvalue weighted by Gasteiger charge is 2.29. The number of alkyl carbamates (subject to hydrolysis) is 1. The minimum atomic E-state index is -0.927. The van der Waals surface area contributed by atoms with Gasteiger partial charge in [0.15, 0.2) is 5.76 Å². The lowest BCUT2D eigenvalue weighted by atomic mass is 9.89. The van der Waals surface area contributed by atoms with E-state index < -0.39 is 23.4 Å². The van der Waals surface area contributed by atoms with Crippen molar-refractivity contribution in [2.24, 2.45) is 5.41 Å². The van der Waals surface area contributed by atoms with Gasteiger partial charge in [-0.25, -0.2) is 4.79 Å². The molecular weight excluding hydrogens is 448 g/mol. The molecule has 8 nitrogen and oxygen atoms in total. The number of aliphatic carboxylic acids is 1. The molecule has 0 aliphatic heterocycles. The Morgan fingerprint density at radius 2 is 1.57 bits per heavy atom. The minimum Gasteiger partial charge on any atom is -0.481 e. The van der Waals surface area contributed by atoms with E-state index in [0.29, 0.717) is 5.76 Å². The Hall–Kier alpha value is -4.07. The zero-order chi connectivity index (χ0) is 25.0. The second-order valence-electron chi connectivity index (χ2n) is 9.36. The number of carbonyl (C=O) groups excluding carboxylic acids is 2. The number of nitrogens with one attached hydrogen (secondary N) is 2. The predicted octanol–water partition coefficient (Wildman–Crippen LogP) is 4.55. The van der Waals surface area contributed by atoms with Gasteiger partial charge in [-0.05, 0) is 39.8 Å². The third kappa shape index (κ3) is 5.71. The molecule has 0 bridgehead atoms. The molecule has 2 amide bonds. The molecule has 0 fully saturated rings. The molecule has 1 aliphatic rings. The van der Waals surface area contributed by atoms with Crippen molar-refractivity contribution in [2.75, 3.05) is 13.2 Å². The maximum Gasteiger partial charge on any atom is 0.407 e. The summed E-state index contributed by atoms with van der Waals surface area (Å²) < 4.78 is 11.0. The summed E-state index contributed by atoms with van der Waals surface area (Å²) in [5.74, 6) is -0.925. The first-order valence-corrected chi connectivity index (χ1v) is 11.4. The van der Waals surface area contributed by atoms with Gasteiger partial charge in [-0.2, -0.15) is 0 Å². The summed E-state index contributed by atoms with van der Waals surface area (Å²) in [5, 5.41) is 14.3. The van der Waals surface area contributed by atoms with Crippen LogP contribution in [-0.4, -0.2) is 36.2 Å². The topological polar surface area (TPSA) is 118 Å². The molecule has 1 aliphatic carbocycles. The summed E-state index contributed by atoms with van der Waals surface area (Å²) in [4.78, 5) is 35.6. The van der Waals surface area contributed by atoms with Crippen LogP contribution in [0.1, 0.15) is 53.6 Å². The molecule has 0 atom stereocenters. The minimum absolute atomic E-state index is 0.0301. The van der Waals surface area contributed by atoms with Crippen LogP contribution in [-0.2, 0) is 16.1 Å². The number of hydrogen-bond acceptors (Lipinski definition) is 5. The van der Waals surface area contributed by atoms with Gasteiger partial charge < -0.3 is 24.9 Å². The van der Waals surface area contributed by atoms with Crippen molar-refractivity contribution in [2.45, 2.75) is 32.7 Å². The van der Waals surface area contributed by atoms with Crippen LogP contribution in [0, 0.1) is 5.41 Å². The smallest absolute Gasteiger partial charge is 0.407 e. The lowest BCUT2D eigenvalue weighted by Crippen LogP contribution is -2.35. The number of hydrogen-bond donors (Lipinski definition) is 3. The van der Waals surface area contributed by atoms with Crippen molar-refractivity contribution >= 4 is 18.0 Å². The maximum absolute atomic E-state index is 12.3. The molecule has 0 saturated heterocycles. The van der Waals surface area contributed by atoms with Crippen LogP contribution in [0.2, 0.25) is 0 Å². The van der Waals surface area contributed by atoms with Crippen molar-refractivity contribution in [3.05, 3.63) is 83.3 Å². The highest BCUT2D eigenvalue weighted by molar-refractivity contribution is 5.91. The first kappa shape index (κ1) is 24.1. The quantitative estimate of drug-likeness (QED) is 0.417. The second-order valence-corrected chi connectivity index (χ2v) is 9.36. The van der Waals surface area contributed by atoms with Gasteiger partial charge in [0.05, 0.1) is 13.0 Å². The van der Waals surface area contributed by atoms with E-state index in [1.165, 1.54) is 6.07 Å². The molecule has 4 rings (SSSR count). The van der Waals surface area contributed by atoms with E-state index in [0.717, 1.165) is 22.3 Å². The molecule has 182 valence electrons. The molecule has 1 heterocycles. The van der Waals surface area contributed by atoms with E-state index in [-0.39, 0.29) is 37.8 Å². The zero-order valence-electron chi connectivity index (χ0n) is 19.7. The van der Waals surface area contributed by atoms with Gasteiger partial charge in [-0.3, -0.25) is 9.59 Å². The van der Waals surface area contributed by atoms with E-state index in [1.54, 1.807) is 19.9 Å². The van der Waals surface area contributed by atoms with Crippen LogP contribution < -0.4 is 10.6 Å². The fourth-order valence-corrected chi connectivity index (χ4v) is 4.28. The summed E-state index contributed by atoms with van der Waals surface area (Å²) in [7, 11) is 0. The van der Waals surface area contributed by atoms with Gasteiger partial charge in [-0.15, -0.1) is 0 Å². The molecule has 3 aromatic rings. The molecular formula is C27H28N2O6. The second kappa shape index (κ2) is 10.0. The number of carboxylic acid groups (broad SMARTS) is 1. The first-order chi connectivity index (χ1) is 16.7. The van der Waals surface area contributed by atoms with Crippen molar-refractivity contribution in [3.63, 3.8) is 0 Å². The largest absolute Gasteiger partial charge is 0.481 e. The normalized spacial score (nSPS) is 12.5. The lowest BCUT2D eigenvalue weighted by molar-refractivity contribution is -0.139. The van der Waals surface area contributed by atoms with Crippen LogP contribution >= 0.6 is 0 Å². The molecule has 3 N–H and O–H groups in total. The fourth-order valence-electron chi connectivity index (χ4n) is 4.28. The lowest BCUT2D eigenvalue weighted by Gasteiger charge is -2.22. The summed E-state index contributed by atoms with van der Waals surface area (Å²) in [5.41, 5.74) is 3.99. The van der Waals surface area contributed by atoms with Crippen molar-refractivity contribution < 1.29 is 28.6 Å². The summed E-state index contributed by atoms with van der Waals surface area (Å²) in [6.07, 6.45) is -0.648. The molecule has 0 radical (unpaired) electrons. The van der Waals surface area contributed by atoms with Crippen LogP contribution in [0.5, 0.6) is 0 Å². The van der Waals surface area contributed by atoms with E-state index in [9.17, 15) is 14.4 Å². The SMILES string of the molecule is CC(C)(CNC(=O)c1ccc(CNC(=O)OCC2c3ccccc3-c3ccccc32)o1)CC(=O)O. The number of furan rings is 1. The first-order valence-electron chi connectivity index (χ1n) is 11.4. The van der Waals surface area contributed by atoms with Gasteiger partial charge in [-0.1, -0.05) is 62.4 Å². The van der Waals surface area contributed by atoms with Gasteiger partial charge in [0.1, 0.15) is 12.4 Å². The van der Waals surface area contributed by atoms with Crippen LogP contribution in [0.4, 0.5) is 4.79 Å². The van der Waals surface area contributed by atoms with Gasteiger partial charge >= 0.3 is 12.1 Å². The number of amides is 2. The third-order valence-electron chi connectivity index (χ3n) is 5.99. The molecule has 0 spiro atoms. The number of benzene rings is 2. The van der Waals surface area contributed by atoms with E-state index >= 15 is 0 Å². The molecule has 0 saturated carbocycles. The fraction of sp³-hybridized carbons (Fsp3) is 0.296. The molecule has 1 aromatic heterocycles. The Morgan fingerprint density at radius 1 is 0.943 bits per heavy atom. The molecule has 0 unspecified atom stereocenters. The average Bonchev–Trinajstić information content (AvgIpc) is 3.42. The summed E-state index contributed by atoms with van der Waals surface area (Å²) in [6, 6.07) is 19.3. The number of carbonyl (C=O) groups is 3. The van der Waals surface area contributed by atoms with Crippen molar-refractivity contribution in [1.29, 1.82) is 0 Å². The number of carboxylic acids is 1. The zero-order valence-corrected chi connectivity index (χ0v) is 19.7. The number of rotatable bonds is 9. The number of ether oxygens (including phenoxy) is 1. The van der Waals surface area contributed by atoms with E-state index in [2.05, 4.69) is 34.9 Å². The predicted molar refractivity (Wildman–Crippen MR) is 129 cm³/mol. The Balaban J connectivity index is 1.27. The highest BCUT2D eigenvalue weighted by Crippen LogP contribution is 2.44. The van der Waals surface area contributed by atoms with Crippen molar-refractivity contribution in [1.82, 2.24) is 10.6 Å². The van der Waals surface area contributed by atoms with Crippen molar-refractivity contribution in [3.8, 4) is 11.1 Å². The van der Waals surface area contributed by atoms with Crippen LogP contribution in [0.3, 0.4) is 0 Å². The number of fused-ring (bicyclic) bond motifs is 3. The Labute approximate surface area is 203 Å². The van der Waals surface area contributed by atoms with Crippen LogP contribution in [0.15, 0.2) is 65.1 Å². The standard InChI is InChI=1S/C27H28N2O6/c1-27(2,13-24(30)31)16-29-25(32)23-12-11-17(35-23)14-28-26(33)34-15-22-20-9-5-3-7-18(20)19-8-4-6-10-21(19)22/h3-12,22H,13-16H2,1-2H3,(H,28,33)(H,29,32)(H,30,31). The highest BCUT2D eigenvalue weighted by atomic mass is 16.5. The van der Waals surface area contributed by atoms with E-state index in [4.69, 9.17) is 14.3 Å². The average molecular weight is 477 g/mol. The van der Waals surface area contributed by atoms with Gasteiger partial charge in [0.2, 0.25) is 0 Å². The van der Waals surface area contributed by atoms with Gasteiger partial charge in [0, 0.05) is 12.5 Å². The summed E-state index contributed by atoms with van der Waals surface area (Å²) in [6.45, 7) is 3.97. The van der Waals surface area contributed by atoms with E-state index in [1.807, 2.05) is 24.3 Å². The Kier molecular flexibility index (Phi) is 6.91. The molecule has 2 aromatic carbocycles.